The molecule has 0 amide bonds. The molecule has 0 aromatic carbocycles. The maximum absolute atomic E-state index is 11.7. The molecule has 1 aliphatic rings. The first kappa shape index (κ1) is 8.45. The molecule has 1 fully saturated rings. The standard InChI is InChI=1S/C7H16NOP/c1-10(2)7-8(9)5-3-4-6-8/h3-7H2,1-2H3. The van der Waals surface area contributed by atoms with E-state index in [2.05, 4.69) is 13.3 Å². The van der Waals surface area contributed by atoms with E-state index < -0.39 is 0 Å². The summed E-state index contributed by atoms with van der Waals surface area (Å²) in [4.78, 5) is 0. The van der Waals surface area contributed by atoms with Crippen LogP contribution in [0.25, 0.3) is 0 Å². The minimum atomic E-state index is -0.000381. The van der Waals surface area contributed by atoms with Gasteiger partial charge in [-0.3, -0.25) is 0 Å². The lowest BCUT2D eigenvalue weighted by molar-refractivity contribution is -0.855. The van der Waals surface area contributed by atoms with Gasteiger partial charge in [0.1, 0.15) is 0 Å². The maximum Gasteiger partial charge on any atom is 0.0957 e. The van der Waals surface area contributed by atoms with E-state index in [1.54, 1.807) is 0 Å². The summed E-state index contributed by atoms with van der Waals surface area (Å²) in [5, 5.41) is 11.7. The molecular weight excluding hydrogens is 145 g/mol. The monoisotopic (exact) mass is 161 g/mol. The van der Waals surface area contributed by atoms with E-state index in [4.69, 9.17) is 0 Å². The second-order valence-corrected chi connectivity index (χ2v) is 5.88. The number of nitrogens with zero attached hydrogens (tertiary/aromatic N) is 1. The van der Waals surface area contributed by atoms with Crippen LogP contribution in [0, 0.1) is 5.21 Å². The Morgan fingerprint density at radius 2 is 1.80 bits per heavy atom. The Morgan fingerprint density at radius 3 is 2.20 bits per heavy atom. The molecule has 60 valence electrons. The Morgan fingerprint density at radius 1 is 1.30 bits per heavy atom. The fourth-order valence-corrected chi connectivity index (χ4v) is 2.88. The molecule has 3 heteroatoms. The molecule has 0 atom stereocenters. The Hall–Kier alpha value is 0.350. The van der Waals surface area contributed by atoms with Crippen molar-refractivity contribution in [2.45, 2.75) is 12.8 Å². The van der Waals surface area contributed by atoms with E-state index in [-0.39, 0.29) is 12.6 Å². The highest BCUT2D eigenvalue weighted by Gasteiger charge is 2.23. The van der Waals surface area contributed by atoms with Gasteiger partial charge in [0.2, 0.25) is 0 Å². The van der Waals surface area contributed by atoms with Gasteiger partial charge in [0.25, 0.3) is 0 Å². The summed E-state index contributed by atoms with van der Waals surface area (Å²) in [6.45, 7) is 6.12. The summed E-state index contributed by atoms with van der Waals surface area (Å²) in [7, 11) is -0.000381. The van der Waals surface area contributed by atoms with E-state index in [0.717, 1.165) is 32.2 Å². The highest BCUT2D eigenvalue weighted by atomic mass is 31.1. The third-order valence-corrected chi connectivity index (χ3v) is 3.00. The van der Waals surface area contributed by atoms with E-state index in [9.17, 15) is 5.21 Å². The topological polar surface area (TPSA) is 23.1 Å². The van der Waals surface area contributed by atoms with Crippen molar-refractivity contribution in [2.75, 3.05) is 32.7 Å². The lowest BCUT2D eigenvalue weighted by atomic mass is 10.4. The highest BCUT2D eigenvalue weighted by Crippen LogP contribution is 2.32. The summed E-state index contributed by atoms with van der Waals surface area (Å²) in [6.07, 6.45) is 3.18. The summed E-state index contributed by atoms with van der Waals surface area (Å²) in [6, 6.07) is 0. The van der Waals surface area contributed by atoms with Crippen LogP contribution in [0.5, 0.6) is 0 Å². The maximum atomic E-state index is 11.7. The largest absolute Gasteiger partial charge is 0.633 e. The Balaban J connectivity index is 2.36. The summed E-state index contributed by atoms with van der Waals surface area (Å²) in [5.41, 5.74) is 0. The number of quaternary nitrogens is 1. The molecule has 1 rings (SSSR count). The SMILES string of the molecule is CP(C)C[N+]1([O-])CCCC1. The number of hydroxylamine groups is 3. The van der Waals surface area contributed by atoms with Gasteiger partial charge in [0, 0.05) is 12.8 Å². The molecule has 0 spiro atoms. The van der Waals surface area contributed by atoms with Crippen molar-refractivity contribution in [3.63, 3.8) is 0 Å². The van der Waals surface area contributed by atoms with Gasteiger partial charge in [-0.15, -0.1) is 0 Å². The fraction of sp³-hybridized carbons (Fsp3) is 1.00. The highest BCUT2D eigenvalue weighted by molar-refractivity contribution is 7.55. The van der Waals surface area contributed by atoms with Crippen LogP contribution in [0.3, 0.4) is 0 Å². The quantitative estimate of drug-likeness (QED) is 0.344. The first-order valence-corrected chi connectivity index (χ1v) is 6.26. The lowest BCUT2D eigenvalue weighted by Crippen LogP contribution is -2.38. The minimum Gasteiger partial charge on any atom is -0.633 e. The molecular formula is C7H16NOP. The van der Waals surface area contributed by atoms with Gasteiger partial charge in [0.05, 0.1) is 19.4 Å². The number of rotatable bonds is 2. The van der Waals surface area contributed by atoms with Crippen LogP contribution in [0.1, 0.15) is 12.8 Å². The Bertz CT molecular complexity index is 110. The van der Waals surface area contributed by atoms with Gasteiger partial charge in [-0.05, 0) is 13.3 Å². The van der Waals surface area contributed by atoms with Crippen LogP contribution in [0.15, 0.2) is 0 Å². The lowest BCUT2D eigenvalue weighted by Gasteiger charge is -2.39. The molecule has 2 nitrogen and oxygen atoms in total. The number of likely N-dealkylation sites (tertiary alicyclic amines) is 1. The van der Waals surface area contributed by atoms with Crippen LogP contribution in [0.4, 0.5) is 0 Å². The van der Waals surface area contributed by atoms with E-state index >= 15 is 0 Å². The molecule has 0 radical (unpaired) electrons. The van der Waals surface area contributed by atoms with Crippen LogP contribution in [0.2, 0.25) is 0 Å². The first-order chi connectivity index (χ1) is 4.62. The zero-order valence-corrected chi connectivity index (χ0v) is 7.73. The van der Waals surface area contributed by atoms with Crippen molar-refractivity contribution in [2.24, 2.45) is 0 Å². The molecule has 1 aliphatic heterocycles. The normalized spacial score (nSPS) is 24.0. The van der Waals surface area contributed by atoms with Gasteiger partial charge in [-0.25, -0.2) is 0 Å². The smallest absolute Gasteiger partial charge is 0.0957 e. The van der Waals surface area contributed by atoms with Crippen LogP contribution < -0.4 is 0 Å². The summed E-state index contributed by atoms with van der Waals surface area (Å²) < 4.78 is 0.110. The second kappa shape index (κ2) is 3.17. The zero-order chi connectivity index (χ0) is 7.61. The number of hydrogen-bond acceptors (Lipinski definition) is 1. The zero-order valence-electron chi connectivity index (χ0n) is 6.84. The molecule has 0 N–H and O–H groups in total. The van der Waals surface area contributed by atoms with Crippen LogP contribution in [-0.2, 0) is 0 Å². The molecule has 0 saturated carbocycles. The average molecular weight is 161 g/mol. The van der Waals surface area contributed by atoms with Gasteiger partial charge < -0.3 is 9.85 Å². The van der Waals surface area contributed by atoms with Crippen molar-refractivity contribution in [1.29, 1.82) is 0 Å². The molecule has 0 aliphatic carbocycles. The van der Waals surface area contributed by atoms with Crippen molar-refractivity contribution in [1.82, 2.24) is 0 Å². The van der Waals surface area contributed by atoms with Gasteiger partial charge in [-0.1, -0.05) is 7.92 Å². The average Bonchev–Trinajstić information content (AvgIpc) is 2.12. The van der Waals surface area contributed by atoms with Gasteiger partial charge in [0.15, 0.2) is 0 Å². The predicted molar refractivity (Wildman–Crippen MR) is 46.2 cm³/mol. The van der Waals surface area contributed by atoms with Crippen LogP contribution in [-0.4, -0.2) is 37.4 Å². The molecule has 0 bridgehead atoms. The van der Waals surface area contributed by atoms with Gasteiger partial charge in [-0.2, -0.15) is 0 Å². The summed E-state index contributed by atoms with van der Waals surface area (Å²) in [5.74, 6) is 0. The Kier molecular flexibility index (Phi) is 2.67. The molecule has 1 heterocycles. The minimum absolute atomic E-state index is 0.000381. The van der Waals surface area contributed by atoms with E-state index in [1.165, 1.54) is 0 Å². The van der Waals surface area contributed by atoms with Crippen molar-refractivity contribution in [3.05, 3.63) is 5.21 Å². The van der Waals surface area contributed by atoms with Crippen molar-refractivity contribution in [3.8, 4) is 0 Å². The Labute approximate surface area is 64.1 Å². The predicted octanol–water partition coefficient (Wildman–Crippen LogP) is 1.79. The molecule has 1 saturated heterocycles. The van der Waals surface area contributed by atoms with Crippen molar-refractivity contribution < 1.29 is 4.65 Å². The van der Waals surface area contributed by atoms with E-state index in [1.807, 2.05) is 0 Å². The van der Waals surface area contributed by atoms with E-state index in [0.29, 0.717) is 0 Å². The summed E-state index contributed by atoms with van der Waals surface area (Å²) >= 11 is 0. The van der Waals surface area contributed by atoms with Gasteiger partial charge >= 0.3 is 0 Å². The van der Waals surface area contributed by atoms with Crippen molar-refractivity contribution >= 4 is 7.92 Å². The fourth-order valence-electron chi connectivity index (χ4n) is 1.57. The first-order valence-electron chi connectivity index (χ1n) is 3.84. The van der Waals surface area contributed by atoms with Crippen LogP contribution >= 0.6 is 7.92 Å². The molecule has 0 unspecified atom stereocenters. The second-order valence-electron chi connectivity index (χ2n) is 3.43. The molecule has 10 heavy (non-hydrogen) atoms. The third-order valence-electron chi connectivity index (χ3n) is 1.92. The number of hydrogen-bond donors (Lipinski definition) is 0. The molecule has 0 aromatic heterocycles. The molecule has 0 aromatic rings. The third kappa shape index (κ3) is 2.19.